The SMILES string of the molecule is CCCCCCCCCCCCCCCCC(=O)OC(COCCCCCCCCCCCCCCC)COC1OC(CO)C(O)C(O)C1O. The van der Waals surface area contributed by atoms with Crippen molar-refractivity contribution in [3.05, 3.63) is 0 Å². The molecular weight excluding hydrogens is 636 g/mol. The lowest BCUT2D eigenvalue weighted by atomic mass is 9.99. The summed E-state index contributed by atoms with van der Waals surface area (Å²) in [5.41, 5.74) is 0. The molecule has 1 aliphatic heterocycles. The van der Waals surface area contributed by atoms with Gasteiger partial charge in [0.25, 0.3) is 0 Å². The van der Waals surface area contributed by atoms with Crippen LogP contribution in [0.3, 0.4) is 0 Å². The molecule has 1 heterocycles. The van der Waals surface area contributed by atoms with Gasteiger partial charge >= 0.3 is 5.97 Å². The van der Waals surface area contributed by atoms with Crippen LogP contribution in [0.1, 0.15) is 194 Å². The van der Waals surface area contributed by atoms with Crippen LogP contribution in [-0.2, 0) is 23.7 Å². The van der Waals surface area contributed by atoms with E-state index in [0.29, 0.717) is 13.0 Å². The average Bonchev–Trinajstić information content (AvgIpc) is 3.11. The van der Waals surface area contributed by atoms with E-state index in [0.717, 1.165) is 32.1 Å². The van der Waals surface area contributed by atoms with Gasteiger partial charge in [-0.05, 0) is 12.8 Å². The Hall–Kier alpha value is -0.810. The van der Waals surface area contributed by atoms with Crippen LogP contribution in [-0.4, -0.2) is 89.6 Å². The van der Waals surface area contributed by atoms with Gasteiger partial charge in [-0.1, -0.05) is 174 Å². The largest absolute Gasteiger partial charge is 0.457 e. The molecule has 9 nitrogen and oxygen atoms in total. The predicted octanol–water partition coefficient (Wildman–Crippen LogP) is 8.69. The molecule has 0 saturated carbocycles. The Labute approximate surface area is 306 Å². The summed E-state index contributed by atoms with van der Waals surface area (Å²) in [5, 5.41) is 40.0. The smallest absolute Gasteiger partial charge is 0.306 e. The molecule has 0 aromatic rings. The molecule has 0 radical (unpaired) electrons. The molecule has 9 heteroatoms. The van der Waals surface area contributed by atoms with Gasteiger partial charge in [0.2, 0.25) is 0 Å². The molecule has 0 bridgehead atoms. The summed E-state index contributed by atoms with van der Waals surface area (Å²) >= 11 is 0. The highest BCUT2D eigenvalue weighted by molar-refractivity contribution is 5.69. The topological polar surface area (TPSA) is 135 Å². The summed E-state index contributed by atoms with van der Waals surface area (Å²) in [6.07, 6.45) is 26.9. The molecule has 298 valence electrons. The van der Waals surface area contributed by atoms with Crippen molar-refractivity contribution in [3.8, 4) is 0 Å². The number of aliphatic hydroxyl groups is 4. The highest BCUT2D eigenvalue weighted by Gasteiger charge is 2.44. The van der Waals surface area contributed by atoms with Crippen LogP contribution < -0.4 is 0 Å². The molecule has 1 aliphatic rings. The summed E-state index contributed by atoms with van der Waals surface area (Å²) in [6, 6.07) is 0. The zero-order chi connectivity index (χ0) is 36.5. The number of ether oxygens (including phenoxy) is 4. The van der Waals surface area contributed by atoms with Crippen molar-refractivity contribution >= 4 is 5.97 Å². The zero-order valence-electron chi connectivity index (χ0n) is 32.4. The number of esters is 1. The minimum atomic E-state index is -1.53. The molecule has 1 saturated heterocycles. The second kappa shape index (κ2) is 34.0. The quantitative estimate of drug-likeness (QED) is 0.0371. The monoisotopic (exact) mass is 717 g/mol. The Balaban J connectivity index is 2.28. The van der Waals surface area contributed by atoms with E-state index in [1.165, 1.54) is 141 Å². The molecule has 6 unspecified atom stereocenters. The van der Waals surface area contributed by atoms with Crippen LogP contribution in [0.5, 0.6) is 0 Å². The van der Waals surface area contributed by atoms with Crippen molar-refractivity contribution in [2.45, 2.75) is 230 Å². The molecule has 50 heavy (non-hydrogen) atoms. The molecule has 0 spiro atoms. The maximum Gasteiger partial charge on any atom is 0.306 e. The number of hydrogen-bond donors (Lipinski definition) is 4. The van der Waals surface area contributed by atoms with Crippen LogP contribution in [0.2, 0.25) is 0 Å². The van der Waals surface area contributed by atoms with Gasteiger partial charge in [-0.2, -0.15) is 0 Å². The second-order valence-electron chi connectivity index (χ2n) is 14.8. The minimum absolute atomic E-state index is 0.105. The van der Waals surface area contributed by atoms with Crippen LogP contribution in [0.4, 0.5) is 0 Å². The lowest BCUT2D eigenvalue weighted by Crippen LogP contribution is -2.59. The van der Waals surface area contributed by atoms with Gasteiger partial charge in [0.1, 0.15) is 30.5 Å². The standard InChI is InChI=1S/C41H80O9/c1-3-5-7-9-11-13-15-17-18-20-22-24-26-28-30-37(43)49-35(34-48-41-40(46)39(45)38(44)36(32-42)50-41)33-47-31-29-27-25-23-21-19-16-14-12-10-8-6-4-2/h35-36,38-42,44-46H,3-34H2,1-2H3. The first-order chi connectivity index (χ1) is 24.4. The first-order valence-corrected chi connectivity index (χ1v) is 21.1. The predicted molar refractivity (Wildman–Crippen MR) is 201 cm³/mol. The van der Waals surface area contributed by atoms with Gasteiger partial charge < -0.3 is 39.4 Å². The fourth-order valence-corrected chi connectivity index (χ4v) is 6.67. The van der Waals surface area contributed by atoms with E-state index in [1.807, 2.05) is 0 Å². The van der Waals surface area contributed by atoms with Crippen molar-refractivity contribution in [2.24, 2.45) is 0 Å². The molecule has 1 rings (SSSR count). The van der Waals surface area contributed by atoms with Crippen LogP contribution >= 0.6 is 0 Å². The van der Waals surface area contributed by atoms with E-state index >= 15 is 0 Å². The third-order valence-electron chi connectivity index (χ3n) is 10.0. The molecule has 4 N–H and O–H groups in total. The maximum absolute atomic E-state index is 12.7. The Morgan fingerprint density at radius 2 is 0.980 bits per heavy atom. The minimum Gasteiger partial charge on any atom is -0.457 e. The molecule has 0 amide bonds. The number of rotatable bonds is 36. The van der Waals surface area contributed by atoms with E-state index < -0.39 is 43.4 Å². The van der Waals surface area contributed by atoms with Gasteiger partial charge in [0.15, 0.2) is 6.29 Å². The van der Waals surface area contributed by atoms with Crippen LogP contribution in [0.15, 0.2) is 0 Å². The number of aliphatic hydroxyl groups excluding tert-OH is 4. The van der Waals surface area contributed by atoms with Gasteiger partial charge in [0.05, 0.1) is 19.8 Å². The van der Waals surface area contributed by atoms with Gasteiger partial charge in [-0.3, -0.25) is 4.79 Å². The second-order valence-corrected chi connectivity index (χ2v) is 14.8. The van der Waals surface area contributed by atoms with Crippen molar-refractivity contribution in [3.63, 3.8) is 0 Å². The molecule has 0 aromatic heterocycles. The Morgan fingerprint density at radius 3 is 1.42 bits per heavy atom. The molecule has 0 aromatic carbocycles. The molecule has 1 fully saturated rings. The molecular formula is C41H80O9. The number of hydrogen-bond acceptors (Lipinski definition) is 9. The van der Waals surface area contributed by atoms with Crippen molar-refractivity contribution in [1.82, 2.24) is 0 Å². The fourth-order valence-electron chi connectivity index (χ4n) is 6.67. The van der Waals surface area contributed by atoms with E-state index in [2.05, 4.69) is 13.8 Å². The van der Waals surface area contributed by atoms with Crippen molar-refractivity contribution in [1.29, 1.82) is 0 Å². The first-order valence-electron chi connectivity index (χ1n) is 21.1. The molecule has 0 aliphatic carbocycles. The number of carbonyl (C=O) groups excluding carboxylic acids is 1. The summed E-state index contributed by atoms with van der Waals surface area (Å²) in [7, 11) is 0. The normalized spacial score (nSPS) is 21.4. The van der Waals surface area contributed by atoms with E-state index in [-0.39, 0.29) is 19.2 Å². The highest BCUT2D eigenvalue weighted by atomic mass is 16.7. The Bertz CT molecular complexity index is 737. The molecule has 6 atom stereocenters. The van der Waals surface area contributed by atoms with E-state index in [1.54, 1.807) is 0 Å². The summed E-state index contributed by atoms with van der Waals surface area (Å²) in [4.78, 5) is 12.7. The summed E-state index contributed by atoms with van der Waals surface area (Å²) < 4.78 is 22.8. The lowest BCUT2D eigenvalue weighted by molar-refractivity contribution is -0.305. The Morgan fingerprint density at radius 1 is 0.560 bits per heavy atom. The number of carbonyl (C=O) groups is 1. The van der Waals surface area contributed by atoms with Gasteiger partial charge in [-0.15, -0.1) is 0 Å². The van der Waals surface area contributed by atoms with E-state index in [4.69, 9.17) is 18.9 Å². The first kappa shape index (κ1) is 47.2. The fraction of sp³-hybridized carbons (Fsp3) is 0.976. The van der Waals surface area contributed by atoms with Crippen molar-refractivity contribution < 1.29 is 44.2 Å². The van der Waals surface area contributed by atoms with Crippen molar-refractivity contribution in [2.75, 3.05) is 26.4 Å². The van der Waals surface area contributed by atoms with Crippen LogP contribution in [0.25, 0.3) is 0 Å². The van der Waals surface area contributed by atoms with Crippen LogP contribution in [0, 0.1) is 0 Å². The maximum atomic E-state index is 12.7. The van der Waals surface area contributed by atoms with Gasteiger partial charge in [-0.25, -0.2) is 0 Å². The third kappa shape index (κ3) is 25.2. The average molecular weight is 717 g/mol. The third-order valence-corrected chi connectivity index (χ3v) is 10.0. The highest BCUT2D eigenvalue weighted by Crippen LogP contribution is 2.22. The van der Waals surface area contributed by atoms with Gasteiger partial charge in [0, 0.05) is 13.0 Å². The number of unbranched alkanes of at least 4 members (excludes halogenated alkanes) is 25. The Kier molecular flexibility index (Phi) is 32.1. The lowest BCUT2D eigenvalue weighted by Gasteiger charge is -2.39. The summed E-state index contributed by atoms with van der Waals surface area (Å²) in [5.74, 6) is -0.309. The van der Waals surface area contributed by atoms with E-state index in [9.17, 15) is 25.2 Å². The zero-order valence-corrected chi connectivity index (χ0v) is 32.4. The summed E-state index contributed by atoms with van der Waals surface area (Å²) in [6.45, 7) is 4.59.